The van der Waals surface area contributed by atoms with E-state index in [9.17, 15) is 4.79 Å². The van der Waals surface area contributed by atoms with Crippen LogP contribution in [0.3, 0.4) is 0 Å². The summed E-state index contributed by atoms with van der Waals surface area (Å²) in [6.07, 6.45) is 6.07. The molecule has 1 heterocycles. The molecule has 0 radical (unpaired) electrons. The van der Waals surface area contributed by atoms with Crippen molar-refractivity contribution in [3.8, 4) is 11.8 Å². The molecule has 0 atom stereocenters. The fourth-order valence-corrected chi connectivity index (χ4v) is 1.61. The standard InChI is InChI=1S/C10H16NOS/c1-13(2)9-4-3-7-11-8-5-6-10(11)12/h5-9H2,1-2H3/q+1. The topological polar surface area (TPSA) is 20.3 Å². The van der Waals surface area contributed by atoms with Gasteiger partial charge in [-0.05, 0) is 23.2 Å². The second-order valence-electron chi connectivity index (χ2n) is 3.40. The van der Waals surface area contributed by atoms with E-state index in [1.807, 2.05) is 4.90 Å². The van der Waals surface area contributed by atoms with Crippen molar-refractivity contribution in [1.29, 1.82) is 0 Å². The zero-order valence-electron chi connectivity index (χ0n) is 8.30. The maximum Gasteiger partial charge on any atom is 0.223 e. The van der Waals surface area contributed by atoms with Crippen molar-refractivity contribution in [2.75, 3.05) is 31.4 Å². The van der Waals surface area contributed by atoms with E-state index in [2.05, 4.69) is 24.4 Å². The molecule has 72 valence electrons. The average molecular weight is 198 g/mol. The van der Waals surface area contributed by atoms with Gasteiger partial charge in [0.2, 0.25) is 5.91 Å². The third-order valence-electron chi connectivity index (χ3n) is 1.93. The zero-order chi connectivity index (χ0) is 9.68. The van der Waals surface area contributed by atoms with Gasteiger partial charge in [0.05, 0.1) is 19.1 Å². The molecular weight excluding hydrogens is 182 g/mol. The maximum absolute atomic E-state index is 11.2. The van der Waals surface area contributed by atoms with Crippen LogP contribution in [-0.2, 0) is 15.7 Å². The maximum atomic E-state index is 11.2. The van der Waals surface area contributed by atoms with Crippen LogP contribution in [0.2, 0.25) is 0 Å². The highest BCUT2D eigenvalue weighted by Crippen LogP contribution is 2.07. The third-order valence-corrected chi connectivity index (χ3v) is 2.65. The van der Waals surface area contributed by atoms with Crippen molar-refractivity contribution in [3.63, 3.8) is 0 Å². The molecule has 1 aliphatic rings. The number of nitrogens with zero attached hydrogens (tertiary/aromatic N) is 1. The normalized spacial score (nSPS) is 16.2. The van der Waals surface area contributed by atoms with Gasteiger partial charge >= 0.3 is 0 Å². The largest absolute Gasteiger partial charge is 0.332 e. The third kappa shape index (κ3) is 3.73. The fraction of sp³-hybridized carbons (Fsp3) is 0.700. The monoisotopic (exact) mass is 198 g/mol. The molecule has 0 aliphatic carbocycles. The van der Waals surface area contributed by atoms with Crippen molar-refractivity contribution >= 4 is 16.8 Å². The lowest BCUT2D eigenvalue weighted by molar-refractivity contribution is -0.127. The van der Waals surface area contributed by atoms with Crippen LogP contribution in [0.5, 0.6) is 0 Å². The Bertz CT molecular complexity index is 239. The Morgan fingerprint density at radius 2 is 2.23 bits per heavy atom. The molecule has 0 aromatic rings. The van der Waals surface area contributed by atoms with Gasteiger partial charge in [-0.1, -0.05) is 5.92 Å². The van der Waals surface area contributed by atoms with E-state index in [1.54, 1.807) is 0 Å². The summed E-state index contributed by atoms with van der Waals surface area (Å²) in [7, 11) is 0.396. The van der Waals surface area contributed by atoms with Crippen LogP contribution in [0.4, 0.5) is 0 Å². The van der Waals surface area contributed by atoms with Crippen molar-refractivity contribution in [1.82, 2.24) is 4.90 Å². The lowest BCUT2D eigenvalue weighted by atomic mass is 10.4. The van der Waals surface area contributed by atoms with Crippen LogP contribution >= 0.6 is 0 Å². The SMILES string of the molecule is C[S+](C)CC#CCN1CCCC1=O. The summed E-state index contributed by atoms with van der Waals surface area (Å²) in [6, 6.07) is 0. The molecule has 1 saturated heterocycles. The fourth-order valence-electron chi connectivity index (χ4n) is 1.22. The summed E-state index contributed by atoms with van der Waals surface area (Å²) in [5.74, 6) is 7.38. The lowest BCUT2D eigenvalue weighted by Gasteiger charge is -2.09. The highest BCUT2D eigenvalue weighted by atomic mass is 32.2. The first-order valence-electron chi connectivity index (χ1n) is 4.48. The Balaban J connectivity index is 2.24. The first-order valence-corrected chi connectivity index (χ1v) is 6.69. The lowest BCUT2D eigenvalue weighted by Crippen LogP contribution is -2.24. The number of carbonyl (C=O) groups is 1. The van der Waals surface area contributed by atoms with Crippen LogP contribution in [-0.4, -0.2) is 42.2 Å². The van der Waals surface area contributed by atoms with E-state index >= 15 is 0 Å². The number of hydrogen-bond donors (Lipinski definition) is 0. The van der Waals surface area contributed by atoms with Crippen LogP contribution < -0.4 is 0 Å². The summed E-state index contributed by atoms with van der Waals surface area (Å²) in [5.41, 5.74) is 0. The van der Waals surface area contributed by atoms with Crippen molar-refractivity contribution < 1.29 is 4.79 Å². The molecule has 1 aliphatic heterocycles. The second kappa shape index (κ2) is 5.18. The number of likely N-dealkylation sites (tertiary alicyclic amines) is 1. The molecular formula is C10H16NOS+. The van der Waals surface area contributed by atoms with Gasteiger partial charge in [0.15, 0.2) is 5.75 Å². The Morgan fingerprint density at radius 3 is 2.77 bits per heavy atom. The molecule has 0 spiro atoms. The summed E-state index contributed by atoms with van der Waals surface area (Å²) in [5, 5.41) is 0. The minimum atomic E-state index is 0.265. The number of hydrogen-bond acceptors (Lipinski definition) is 1. The second-order valence-corrected chi connectivity index (χ2v) is 5.66. The van der Waals surface area contributed by atoms with Gasteiger partial charge in [-0.25, -0.2) is 0 Å². The van der Waals surface area contributed by atoms with E-state index < -0.39 is 0 Å². The van der Waals surface area contributed by atoms with E-state index in [0.717, 1.165) is 18.7 Å². The predicted molar refractivity (Wildman–Crippen MR) is 57.7 cm³/mol. The van der Waals surface area contributed by atoms with Gasteiger partial charge in [-0.2, -0.15) is 0 Å². The van der Waals surface area contributed by atoms with Gasteiger partial charge in [0, 0.05) is 13.0 Å². The predicted octanol–water partition coefficient (Wildman–Crippen LogP) is 0.490. The van der Waals surface area contributed by atoms with E-state index in [-0.39, 0.29) is 5.91 Å². The summed E-state index contributed by atoms with van der Waals surface area (Å²) >= 11 is 0. The Hall–Kier alpha value is -0.620. The van der Waals surface area contributed by atoms with Crippen molar-refractivity contribution in [2.45, 2.75) is 12.8 Å². The zero-order valence-corrected chi connectivity index (χ0v) is 9.12. The summed E-state index contributed by atoms with van der Waals surface area (Å²) < 4.78 is 0. The molecule has 0 N–H and O–H groups in total. The van der Waals surface area contributed by atoms with E-state index in [0.29, 0.717) is 23.9 Å². The Labute approximate surface area is 83.0 Å². The molecule has 0 aromatic heterocycles. The average Bonchev–Trinajstić information content (AvgIpc) is 2.45. The van der Waals surface area contributed by atoms with E-state index in [1.165, 1.54) is 0 Å². The van der Waals surface area contributed by atoms with Gasteiger partial charge < -0.3 is 4.90 Å². The van der Waals surface area contributed by atoms with Gasteiger partial charge in [-0.15, -0.1) is 0 Å². The van der Waals surface area contributed by atoms with Crippen LogP contribution in [0.15, 0.2) is 0 Å². The Kier molecular flexibility index (Phi) is 4.17. The molecule has 1 fully saturated rings. The molecule has 1 rings (SSSR count). The van der Waals surface area contributed by atoms with E-state index in [4.69, 9.17) is 0 Å². The molecule has 2 nitrogen and oxygen atoms in total. The first-order chi connectivity index (χ1) is 6.20. The van der Waals surface area contributed by atoms with Crippen molar-refractivity contribution in [2.24, 2.45) is 0 Å². The molecule has 0 unspecified atom stereocenters. The first kappa shape index (κ1) is 10.5. The molecule has 0 saturated carbocycles. The quantitative estimate of drug-likeness (QED) is 0.467. The van der Waals surface area contributed by atoms with Crippen LogP contribution in [0.1, 0.15) is 12.8 Å². The van der Waals surface area contributed by atoms with Gasteiger partial charge in [0.25, 0.3) is 0 Å². The summed E-state index contributed by atoms with van der Waals surface area (Å²) in [6.45, 7) is 1.54. The highest BCUT2D eigenvalue weighted by Gasteiger charge is 2.18. The van der Waals surface area contributed by atoms with Crippen LogP contribution in [0, 0.1) is 11.8 Å². The van der Waals surface area contributed by atoms with Gasteiger partial charge in [-0.3, -0.25) is 4.79 Å². The van der Waals surface area contributed by atoms with Gasteiger partial charge in [0.1, 0.15) is 0 Å². The molecule has 1 amide bonds. The highest BCUT2D eigenvalue weighted by molar-refractivity contribution is 7.95. The number of rotatable bonds is 2. The smallest absolute Gasteiger partial charge is 0.223 e. The minimum Gasteiger partial charge on any atom is -0.332 e. The number of carbonyl (C=O) groups excluding carboxylic acids is 1. The molecule has 0 aromatic carbocycles. The Morgan fingerprint density at radius 1 is 1.46 bits per heavy atom. The van der Waals surface area contributed by atoms with Crippen molar-refractivity contribution in [3.05, 3.63) is 0 Å². The number of amides is 1. The molecule has 0 bridgehead atoms. The minimum absolute atomic E-state index is 0.265. The molecule has 13 heavy (non-hydrogen) atoms. The van der Waals surface area contributed by atoms with Crippen LogP contribution in [0.25, 0.3) is 0 Å². The molecule has 3 heteroatoms. The summed E-state index contributed by atoms with van der Waals surface area (Å²) in [4.78, 5) is 13.0.